The largest absolute Gasteiger partial charge is 0.505 e. The van der Waals surface area contributed by atoms with Gasteiger partial charge in [-0.3, -0.25) is 4.79 Å². The van der Waals surface area contributed by atoms with Crippen LogP contribution in [-0.4, -0.2) is 30.4 Å². The molecule has 0 fully saturated rings. The van der Waals surface area contributed by atoms with Crippen LogP contribution >= 0.6 is 0 Å². The maximum Gasteiger partial charge on any atom is 0.304 e. The number of aromatic hydroxyl groups is 1. The molecule has 0 saturated heterocycles. The number of halogens is 1. The van der Waals surface area contributed by atoms with E-state index >= 15 is 0 Å². The number of hydrogen-bond acceptors (Lipinski definition) is 4. The molecular formula is C13H17FO5. The van der Waals surface area contributed by atoms with E-state index in [4.69, 9.17) is 14.6 Å². The van der Waals surface area contributed by atoms with E-state index in [9.17, 15) is 14.3 Å². The molecule has 0 bridgehead atoms. The van der Waals surface area contributed by atoms with Crippen LogP contribution in [0.1, 0.15) is 25.8 Å². The van der Waals surface area contributed by atoms with Crippen molar-refractivity contribution in [3.63, 3.8) is 0 Å². The smallest absolute Gasteiger partial charge is 0.304 e. The lowest BCUT2D eigenvalue weighted by Crippen LogP contribution is -2.22. The molecule has 0 aliphatic rings. The van der Waals surface area contributed by atoms with Crippen molar-refractivity contribution in [2.24, 2.45) is 0 Å². The monoisotopic (exact) mass is 272 g/mol. The standard InChI is InChI=1S/C13H17FO5/c1-13(2,6-9(15)16)7-5-8(18-3)12(19-4)10(14)11(7)17/h5,17H,6H2,1-4H3,(H,15,16). The molecule has 0 saturated carbocycles. The molecule has 0 spiro atoms. The highest BCUT2D eigenvalue weighted by Crippen LogP contribution is 2.43. The SMILES string of the molecule is COc1cc(C(C)(C)CC(=O)O)c(O)c(F)c1OC. The zero-order valence-corrected chi connectivity index (χ0v) is 11.3. The highest BCUT2D eigenvalue weighted by molar-refractivity contribution is 5.69. The van der Waals surface area contributed by atoms with Crippen LogP contribution in [0.3, 0.4) is 0 Å². The molecule has 0 amide bonds. The molecule has 19 heavy (non-hydrogen) atoms. The van der Waals surface area contributed by atoms with E-state index in [-0.39, 0.29) is 23.5 Å². The van der Waals surface area contributed by atoms with Crippen LogP contribution in [-0.2, 0) is 10.2 Å². The predicted molar refractivity (Wildman–Crippen MR) is 66.4 cm³/mol. The molecule has 1 aromatic rings. The van der Waals surface area contributed by atoms with Crippen molar-refractivity contribution in [3.05, 3.63) is 17.4 Å². The van der Waals surface area contributed by atoms with E-state index < -0.39 is 23.0 Å². The van der Waals surface area contributed by atoms with Crippen molar-refractivity contribution < 1.29 is 28.9 Å². The van der Waals surface area contributed by atoms with Crippen molar-refractivity contribution in [3.8, 4) is 17.2 Å². The molecule has 106 valence electrons. The Bertz CT molecular complexity index is 496. The number of phenolic OH excluding ortho intramolecular Hbond substituents is 1. The van der Waals surface area contributed by atoms with Crippen molar-refractivity contribution in [1.29, 1.82) is 0 Å². The average molecular weight is 272 g/mol. The van der Waals surface area contributed by atoms with Gasteiger partial charge < -0.3 is 19.7 Å². The minimum Gasteiger partial charge on any atom is -0.505 e. The predicted octanol–water partition coefficient (Wildman–Crippen LogP) is 2.30. The van der Waals surface area contributed by atoms with Crippen LogP contribution in [0.5, 0.6) is 17.2 Å². The van der Waals surface area contributed by atoms with Crippen molar-refractivity contribution in [2.45, 2.75) is 25.7 Å². The summed E-state index contributed by atoms with van der Waals surface area (Å²) >= 11 is 0. The number of phenols is 1. The van der Waals surface area contributed by atoms with Gasteiger partial charge in [-0.2, -0.15) is 4.39 Å². The molecule has 0 heterocycles. The van der Waals surface area contributed by atoms with Gasteiger partial charge in [0, 0.05) is 11.0 Å². The second kappa shape index (κ2) is 5.34. The topological polar surface area (TPSA) is 76.0 Å². The molecule has 1 aromatic carbocycles. The lowest BCUT2D eigenvalue weighted by Gasteiger charge is -2.25. The van der Waals surface area contributed by atoms with Crippen LogP contribution in [0.4, 0.5) is 4.39 Å². The summed E-state index contributed by atoms with van der Waals surface area (Å²) in [6, 6.07) is 1.39. The summed E-state index contributed by atoms with van der Waals surface area (Å²) in [6.07, 6.45) is -0.254. The molecule has 6 heteroatoms. The first-order valence-electron chi connectivity index (χ1n) is 5.60. The van der Waals surface area contributed by atoms with Gasteiger partial charge in [-0.25, -0.2) is 0 Å². The molecule has 1 rings (SSSR count). The Kier molecular flexibility index (Phi) is 4.24. The van der Waals surface area contributed by atoms with Gasteiger partial charge in [0.25, 0.3) is 0 Å². The summed E-state index contributed by atoms with van der Waals surface area (Å²) in [5.41, 5.74) is -0.791. The number of carboxylic acids is 1. The van der Waals surface area contributed by atoms with Gasteiger partial charge >= 0.3 is 5.97 Å². The van der Waals surface area contributed by atoms with E-state index in [1.54, 1.807) is 13.8 Å². The van der Waals surface area contributed by atoms with Gasteiger partial charge in [0.15, 0.2) is 11.5 Å². The molecule has 2 N–H and O–H groups in total. The first-order chi connectivity index (χ1) is 8.74. The van der Waals surface area contributed by atoms with E-state index in [1.165, 1.54) is 20.3 Å². The molecule has 5 nitrogen and oxygen atoms in total. The van der Waals surface area contributed by atoms with Gasteiger partial charge in [-0.15, -0.1) is 0 Å². The Labute approximate surface area is 110 Å². The molecule has 0 aromatic heterocycles. The Balaban J connectivity index is 3.45. The fourth-order valence-corrected chi connectivity index (χ4v) is 1.93. The zero-order chi connectivity index (χ0) is 14.8. The third kappa shape index (κ3) is 2.89. The number of ether oxygens (including phenoxy) is 2. The van der Waals surface area contributed by atoms with Gasteiger partial charge in [0.05, 0.1) is 20.6 Å². The van der Waals surface area contributed by atoms with Crippen molar-refractivity contribution >= 4 is 5.97 Å². The molecule has 0 atom stereocenters. The van der Waals surface area contributed by atoms with Gasteiger partial charge in [0.1, 0.15) is 0 Å². The number of benzene rings is 1. The molecule has 0 aliphatic heterocycles. The Hall–Kier alpha value is -1.98. The van der Waals surface area contributed by atoms with Crippen LogP contribution in [0, 0.1) is 5.82 Å². The number of carbonyl (C=O) groups is 1. The average Bonchev–Trinajstić information content (AvgIpc) is 2.30. The minimum atomic E-state index is -1.04. The number of hydrogen-bond donors (Lipinski definition) is 2. The Morgan fingerprint density at radius 1 is 1.37 bits per heavy atom. The summed E-state index contributed by atoms with van der Waals surface area (Å²) in [4.78, 5) is 10.8. The maximum absolute atomic E-state index is 14.0. The zero-order valence-electron chi connectivity index (χ0n) is 11.3. The third-order valence-corrected chi connectivity index (χ3v) is 2.91. The summed E-state index contributed by atoms with van der Waals surface area (Å²) in [7, 11) is 2.59. The summed E-state index contributed by atoms with van der Waals surface area (Å²) in [5.74, 6) is -2.74. The highest BCUT2D eigenvalue weighted by atomic mass is 19.1. The van der Waals surface area contributed by atoms with Gasteiger partial charge in [-0.05, 0) is 6.07 Å². The summed E-state index contributed by atoms with van der Waals surface area (Å²) < 4.78 is 23.8. The summed E-state index contributed by atoms with van der Waals surface area (Å²) in [5, 5.41) is 18.7. The highest BCUT2D eigenvalue weighted by Gasteiger charge is 2.31. The maximum atomic E-state index is 14.0. The van der Waals surface area contributed by atoms with E-state index in [1.807, 2.05) is 0 Å². The second-order valence-electron chi connectivity index (χ2n) is 4.78. The van der Waals surface area contributed by atoms with E-state index in [0.717, 1.165) is 0 Å². The van der Waals surface area contributed by atoms with E-state index in [2.05, 4.69) is 0 Å². The number of aliphatic carboxylic acids is 1. The molecular weight excluding hydrogens is 255 g/mol. The van der Waals surface area contributed by atoms with Crippen LogP contribution in [0.25, 0.3) is 0 Å². The number of carboxylic acid groups (broad SMARTS) is 1. The van der Waals surface area contributed by atoms with Crippen LogP contribution < -0.4 is 9.47 Å². The second-order valence-corrected chi connectivity index (χ2v) is 4.78. The van der Waals surface area contributed by atoms with Crippen LogP contribution in [0.2, 0.25) is 0 Å². The third-order valence-electron chi connectivity index (χ3n) is 2.91. The molecule has 0 radical (unpaired) electrons. The number of rotatable bonds is 5. The first kappa shape index (κ1) is 15.1. The van der Waals surface area contributed by atoms with Gasteiger partial charge in [-0.1, -0.05) is 13.8 Å². The van der Waals surface area contributed by atoms with Crippen molar-refractivity contribution in [2.75, 3.05) is 14.2 Å². The van der Waals surface area contributed by atoms with Crippen molar-refractivity contribution in [1.82, 2.24) is 0 Å². The minimum absolute atomic E-state index is 0.103. The summed E-state index contributed by atoms with van der Waals surface area (Å²) in [6.45, 7) is 3.20. The Morgan fingerprint density at radius 2 is 1.95 bits per heavy atom. The number of methoxy groups -OCH3 is 2. The van der Waals surface area contributed by atoms with Gasteiger partial charge in [0.2, 0.25) is 11.6 Å². The molecule has 0 unspecified atom stereocenters. The normalized spacial score (nSPS) is 11.2. The van der Waals surface area contributed by atoms with E-state index in [0.29, 0.717) is 0 Å². The van der Waals surface area contributed by atoms with Crippen LogP contribution in [0.15, 0.2) is 6.07 Å². The Morgan fingerprint density at radius 3 is 2.37 bits per heavy atom. The fourth-order valence-electron chi connectivity index (χ4n) is 1.93. The fraction of sp³-hybridized carbons (Fsp3) is 0.462. The molecule has 0 aliphatic carbocycles. The quantitative estimate of drug-likeness (QED) is 0.860. The lowest BCUT2D eigenvalue weighted by molar-refractivity contribution is -0.138. The lowest BCUT2D eigenvalue weighted by atomic mass is 9.80. The first-order valence-corrected chi connectivity index (χ1v) is 5.60.